The van der Waals surface area contributed by atoms with Gasteiger partial charge in [-0.05, 0) is 43.9 Å². The van der Waals surface area contributed by atoms with Crippen molar-refractivity contribution in [2.45, 2.75) is 38.9 Å². The fourth-order valence-corrected chi connectivity index (χ4v) is 4.42. The molecule has 0 radical (unpaired) electrons. The van der Waals surface area contributed by atoms with Gasteiger partial charge in [0.1, 0.15) is 17.5 Å². The molecule has 1 atom stereocenters. The maximum absolute atomic E-state index is 13.2. The number of piperidine rings is 1. The van der Waals surface area contributed by atoms with Gasteiger partial charge in [0.05, 0.1) is 0 Å². The zero-order valence-corrected chi connectivity index (χ0v) is 17.7. The standard InChI is InChI=1S/C21H22ClFN4O4/c1-2-25-16-5-3-4-8-26(16)27-11-14(18(28)19(29)17(27)21(25)31)20(30)24-10-12-6-7-13(23)9-15(12)22/h6-7,9,11,16,29H,2-5,8,10H2,1H3,(H,24,30)/t16-/m0/s1. The highest BCUT2D eigenvalue weighted by molar-refractivity contribution is 6.31. The fourth-order valence-electron chi connectivity index (χ4n) is 4.18. The molecule has 3 heterocycles. The molecule has 0 bridgehead atoms. The third-order valence-electron chi connectivity index (χ3n) is 5.75. The summed E-state index contributed by atoms with van der Waals surface area (Å²) in [6.07, 6.45) is 3.71. The Kier molecular flexibility index (Phi) is 5.62. The molecule has 0 spiro atoms. The van der Waals surface area contributed by atoms with E-state index in [1.165, 1.54) is 23.0 Å². The summed E-state index contributed by atoms with van der Waals surface area (Å²) in [6.45, 7) is 2.87. The number of hydrogen-bond acceptors (Lipinski definition) is 5. The van der Waals surface area contributed by atoms with Gasteiger partial charge in [0.2, 0.25) is 5.43 Å². The van der Waals surface area contributed by atoms with Crippen LogP contribution < -0.4 is 15.8 Å². The van der Waals surface area contributed by atoms with Gasteiger partial charge in [0.15, 0.2) is 11.4 Å². The molecule has 0 unspecified atom stereocenters. The van der Waals surface area contributed by atoms with E-state index in [1.807, 2.05) is 11.9 Å². The molecular formula is C21H22ClFN4O4. The normalized spacial score (nSPS) is 17.9. The Balaban J connectivity index is 1.69. The second kappa shape index (κ2) is 8.22. The molecular weight excluding hydrogens is 427 g/mol. The summed E-state index contributed by atoms with van der Waals surface area (Å²) in [5.74, 6) is -2.42. The molecule has 1 fully saturated rings. The molecule has 31 heavy (non-hydrogen) atoms. The Morgan fingerprint density at radius 1 is 1.32 bits per heavy atom. The zero-order valence-electron chi connectivity index (χ0n) is 16.9. The summed E-state index contributed by atoms with van der Waals surface area (Å²) in [6, 6.07) is 3.78. The maximum atomic E-state index is 13.2. The van der Waals surface area contributed by atoms with Gasteiger partial charge in [-0.1, -0.05) is 17.7 Å². The van der Waals surface area contributed by atoms with E-state index in [2.05, 4.69) is 5.32 Å². The number of amides is 2. The van der Waals surface area contributed by atoms with E-state index in [0.717, 1.165) is 25.3 Å². The number of aromatic nitrogens is 1. The summed E-state index contributed by atoms with van der Waals surface area (Å²) < 4.78 is 14.6. The topological polar surface area (TPSA) is 94.9 Å². The van der Waals surface area contributed by atoms with Gasteiger partial charge in [-0.2, -0.15) is 0 Å². The lowest BCUT2D eigenvalue weighted by molar-refractivity contribution is 0.0534. The number of rotatable bonds is 4. The van der Waals surface area contributed by atoms with Crippen LogP contribution in [0.4, 0.5) is 4.39 Å². The minimum atomic E-state index is -0.922. The number of carbonyl (C=O) groups is 2. The highest BCUT2D eigenvalue weighted by Gasteiger charge is 2.40. The molecule has 1 aromatic carbocycles. The van der Waals surface area contributed by atoms with E-state index in [-0.39, 0.29) is 29.0 Å². The van der Waals surface area contributed by atoms with E-state index in [0.29, 0.717) is 18.7 Å². The molecule has 8 nitrogen and oxygen atoms in total. The summed E-state index contributed by atoms with van der Waals surface area (Å²) in [5, 5.41) is 15.2. The van der Waals surface area contributed by atoms with Crippen molar-refractivity contribution in [3.8, 4) is 5.75 Å². The van der Waals surface area contributed by atoms with Gasteiger partial charge in [0.25, 0.3) is 11.8 Å². The lowest BCUT2D eigenvalue weighted by Crippen LogP contribution is -2.63. The van der Waals surface area contributed by atoms with Gasteiger partial charge in [-0.25, -0.2) is 4.39 Å². The predicted molar refractivity (Wildman–Crippen MR) is 112 cm³/mol. The Hall–Kier alpha value is -3.07. The molecule has 2 N–H and O–H groups in total. The van der Waals surface area contributed by atoms with Crippen molar-refractivity contribution < 1.29 is 19.1 Å². The van der Waals surface area contributed by atoms with Crippen LogP contribution in [0.1, 0.15) is 52.6 Å². The van der Waals surface area contributed by atoms with E-state index in [1.54, 1.807) is 4.90 Å². The van der Waals surface area contributed by atoms with Gasteiger partial charge >= 0.3 is 0 Å². The number of halogens is 2. The predicted octanol–water partition coefficient (Wildman–Crippen LogP) is 2.20. The van der Waals surface area contributed by atoms with Crippen molar-refractivity contribution >= 4 is 23.4 Å². The fraction of sp³-hybridized carbons (Fsp3) is 0.381. The summed E-state index contributed by atoms with van der Waals surface area (Å²) in [7, 11) is 0. The molecule has 164 valence electrons. The first-order chi connectivity index (χ1) is 14.8. The van der Waals surface area contributed by atoms with Crippen LogP contribution in [0, 0.1) is 5.82 Å². The van der Waals surface area contributed by atoms with Crippen LogP contribution in [0.25, 0.3) is 0 Å². The second-order valence-corrected chi connectivity index (χ2v) is 7.97. The van der Waals surface area contributed by atoms with E-state index >= 15 is 0 Å². The number of nitrogens with zero attached hydrogens (tertiary/aromatic N) is 3. The van der Waals surface area contributed by atoms with Crippen LogP contribution in [0.15, 0.2) is 29.2 Å². The average Bonchev–Trinajstić information content (AvgIpc) is 2.75. The van der Waals surface area contributed by atoms with Crippen molar-refractivity contribution in [3.63, 3.8) is 0 Å². The Morgan fingerprint density at radius 3 is 2.81 bits per heavy atom. The smallest absolute Gasteiger partial charge is 0.278 e. The van der Waals surface area contributed by atoms with Crippen molar-refractivity contribution in [2.24, 2.45) is 0 Å². The lowest BCUT2D eigenvalue weighted by Gasteiger charge is -2.48. The first-order valence-corrected chi connectivity index (χ1v) is 10.5. The van der Waals surface area contributed by atoms with Crippen LogP contribution >= 0.6 is 11.6 Å². The molecule has 1 saturated heterocycles. The number of hydrogen-bond donors (Lipinski definition) is 2. The second-order valence-electron chi connectivity index (χ2n) is 7.56. The van der Waals surface area contributed by atoms with Gasteiger partial charge in [-0.3, -0.25) is 24.1 Å². The molecule has 2 aromatic rings. The van der Waals surface area contributed by atoms with E-state index in [4.69, 9.17) is 11.6 Å². The van der Waals surface area contributed by atoms with Crippen molar-refractivity contribution in [1.29, 1.82) is 0 Å². The van der Waals surface area contributed by atoms with Crippen molar-refractivity contribution in [3.05, 3.63) is 62.3 Å². The van der Waals surface area contributed by atoms with Gasteiger partial charge in [-0.15, -0.1) is 0 Å². The molecule has 2 amide bonds. The molecule has 1 aromatic heterocycles. The Labute approximate surface area is 182 Å². The first-order valence-electron chi connectivity index (χ1n) is 10.1. The SMILES string of the molecule is CCN1C(=O)c2c(O)c(=O)c(C(=O)NCc3ccc(F)cc3Cl)cn2N2CCCC[C@@H]12. The first kappa shape index (κ1) is 21.2. The van der Waals surface area contributed by atoms with Gasteiger partial charge in [0, 0.05) is 30.9 Å². The summed E-state index contributed by atoms with van der Waals surface area (Å²) in [5.41, 5.74) is -0.873. The van der Waals surface area contributed by atoms with Crippen molar-refractivity contribution in [1.82, 2.24) is 14.9 Å². The number of aromatic hydroxyl groups is 1. The summed E-state index contributed by atoms with van der Waals surface area (Å²) >= 11 is 5.98. The van der Waals surface area contributed by atoms with Crippen LogP contribution in [-0.4, -0.2) is 45.8 Å². The van der Waals surface area contributed by atoms with E-state index < -0.39 is 28.8 Å². The number of benzene rings is 1. The molecule has 0 saturated carbocycles. The highest BCUT2D eigenvalue weighted by Crippen LogP contribution is 2.29. The van der Waals surface area contributed by atoms with Gasteiger partial charge < -0.3 is 15.3 Å². The van der Waals surface area contributed by atoms with E-state index in [9.17, 15) is 23.9 Å². The minimum Gasteiger partial charge on any atom is -0.502 e. The number of carbonyl (C=O) groups excluding carboxylic acids is 2. The summed E-state index contributed by atoms with van der Waals surface area (Å²) in [4.78, 5) is 40.1. The third-order valence-corrected chi connectivity index (χ3v) is 6.10. The maximum Gasteiger partial charge on any atom is 0.278 e. The Bertz CT molecular complexity index is 1120. The van der Waals surface area contributed by atoms with Crippen molar-refractivity contribution in [2.75, 3.05) is 18.1 Å². The average molecular weight is 449 g/mol. The molecule has 2 aliphatic heterocycles. The molecule has 2 aliphatic rings. The molecule has 10 heteroatoms. The van der Waals surface area contributed by atoms with Crippen LogP contribution in [0.5, 0.6) is 5.75 Å². The Morgan fingerprint density at radius 2 is 2.10 bits per heavy atom. The number of pyridine rings is 1. The molecule has 4 rings (SSSR count). The van der Waals surface area contributed by atoms with Crippen LogP contribution in [0.2, 0.25) is 5.02 Å². The quantitative estimate of drug-likeness (QED) is 0.747. The zero-order chi connectivity index (χ0) is 22.3. The number of nitrogens with one attached hydrogen (secondary N) is 1. The highest BCUT2D eigenvalue weighted by atomic mass is 35.5. The molecule has 0 aliphatic carbocycles. The third kappa shape index (κ3) is 3.63. The largest absolute Gasteiger partial charge is 0.502 e. The van der Waals surface area contributed by atoms with Crippen LogP contribution in [-0.2, 0) is 6.54 Å². The number of fused-ring (bicyclic) bond motifs is 3. The monoisotopic (exact) mass is 448 g/mol. The minimum absolute atomic E-state index is 0.0330. The lowest BCUT2D eigenvalue weighted by atomic mass is 10.1. The van der Waals surface area contributed by atoms with Crippen LogP contribution in [0.3, 0.4) is 0 Å².